The first kappa shape index (κ1) is 11.7. The Labute approximate surface area is 90.7 Å². The van der Waals surface area contributed by atoms with Crippen molar-refractivity contribution in [2.24, 2.45) is 0 Å². The number of rotatable bonds is 5. The van der Waals surface area contributed by atoms with Crippen LogP contribution in [-0.4, -0.2) is 18.4 Å². The highest BCUT2D eigenvalue weighted by Gasteiger charge is 2.13. The van der Waals surface area contributed by atoms with E-state index in [4.69, 9.17) is 5.73 Å². The van der Waals surface area contributed by atoms with E-state index in [0.29, 0.717) is 11.3 Å². The van der Waals surface area contributed by atoms with Crippen molar-refractivity contribution in [2.75, 3.05) is 12.3 Å². The van der Waals surface area contributed by atoms with Crippen molar-refractivity contribution >= 4 is 11.5 Å². The Morgan fingerprint density at radius 2 is 2.00 bits per heavy atom. The summed E-state index contributed by atoms with van der Waals surface area (Å²) in [7, 11) is 0. The quantitative estimate of drug-likeness (QED) is 0.571. The minimum absolute atomic E-state index is 0.114. The molecule has 0 aromatic heterocycles. The summed E-state index contributed by atoms with van der Waals surface area (Å²) in [6.07, 6.45) is 1.03. The third-order valence-electron chi connectivity index (χ3n) is 2.29. The Balaban J connectivity index is 2.63. The molecule has 1 unspecified atom stereocenters. The Morgan fingerprint density at radius 3 is 2.53 bits per heavy atom. The lowest BCUT2D eigenvalue weighted by atomic mass is 10.1. The molecule has 0 bridgehead atoms. The van der Waals surface area contributed by atoms with Gasteiger partial charge < -0.3 is 11.1 Å². The molecule has 0 fully saturated rings. The van der Waals surface area contributed by atoms with Crippen LogP contribution in [-0.2, 0) is 0 Å². The first-order chi connectivity index (χ1) is 7.15. The van der Waals surface area contributed by atoms with Gasteiger partial charge >= 0.3 is 0 Å². The molecule has 3 nitrogen and oxygen atoms in total. The number of Topliss-reactive ketones (excluding diaryl/α,β-unsaturated/α-hetero) is 1. The van der Waals surface area contributed by atoms with E-state index >= 15 is 0 Å². The third kappa shape index (κ3) is 3.36. The summed E-state index contributed by atoms with van der Waals surface area (Å²) in [5.74, 6) is 0.114. The molecule has 3 N–H and O–H groups in total. The van der Waals surface area contributed by atoms with Crippen molar-refractivity contribution in [3.05, 3.63) is 29.8 Å². The van der Waals surface area contributed by atoms with Crippen molar-refractivity contribution in [1.29, 1.82) is 0 Å². The molecule has 0 radical (unpaired) electrons. The standard InChI is InChI=1S/C12H18N2O/c1-3-8-14-9(2)12(15)10-4-6-11(13)7-5-10/h4-7,9,14H,3,8,13H2,1-2H3. The van der Waals surface area contributed by atoms with Gasteiger partial charge in [-0.2, -0.15) is 0 Å². The molecule has 1 atom stereocenters. The van der Waals surface area contributed by atoms with Gasteiger partial charge in [0.15, 0.2) is 5.78 Å². The first-order valence-electron chi connectivity index (χ1n) is 5.28. The number of nitrogen functional groups attached to an aromatic ring is 1. The molecular weight excluding hydrogens is 188 g/mol. The number of anilines is 1. The maximum atomic E-state index is 11.9. The van der Waals surface area contributed by atoms with Crippen molar-refractivity contribution in [3.63, 3.8) is 0 Å². The number of nitrogens with one attached hydrogen (secondary N) is 1. The van der Waals surface area contributed by atoms with Gasteiger partial charge in [-0.25, -0.2) is 0 Å². The Kier molecular flexibility index (Phi) is 4.31. The van der Waals surface area contributed by atoms with Gasteiger partial charge in [0.1, 0.15) is 0 Å². The van der Waals surface area contributed by atoms with Crippen molar-refractivity contribution in [2.45, 2.75) is 26.3 Å². The maximum Gasteiger partial charge on any atom is 0.179 e. The highest BCUT2D eigenvalue weighted by atomic mass is 16.1. The molecule has 1 aromatic carbocycles. The van der Waals surface area contributed by atoms with Gasteiger partial charge in [0.2, 0.25) is 0 Å². The summed E-state index contributed by atoms with van der Waals surface area (Å²) in [5, 5.41) is 3.16. The fourth-order valence-electron chi connectivity index (χ4n) is 1.35. The molecular formula is C12H18N2O. The lowest BCUT2D eigenvalue weighted by Crippen LogP contribution is -2.34. The van der Waals surface area contributed by atoms with Crippen LogP contribution in [0, 0.1) is 0 Å². The fourth-order valence-corrected chi connectivity index (χ4v) is 1.35. The third-order valence-corrected chi connectivity index (χ3v) is 2.29. The van der Waals surface area contributed by atoms with Crippen LogP contribution >= 0.6 is 0 Å². The van der Waals surface area contributed by atoms with Crippen LogP contribution in [0.15, 0.2) is 24.3 Å². The van der Waals surface area contributed by atoms with Gasteiger partial charge in [0, 0.05) is 11.3 Å². The van der Waals surface area contributed by atoms with E-state index in [1.54, 1.807) is 24.3 Å². The summed E-state index contributed by atoms with van der Waals surface area (Å²) in [6, 6.07) is 6.90. The van der Waals surface area contributed by atoms with Crippen LogP contribution < -0.4 is 11.1 Å². The number of carbonyl (C=O) groups excluding carboxylic acids is 1. The number of hydrogen-bond donors (Lipinski definition) is 2. The summed E-state index contributed by atoms with van der Waals surface area (Å²) in [5.41, 5.74) is 6.95. The second-order valence-electron chi connectivity index (χ2n) is 3.66. The number of benzene rings is 1. The molecule has 0 aliphatic rings. The Hall–Kier alpha value is -1.35. The van der Waals surface area contributed by atoms with E-state index in [2.05, 4.69) is 12.2 Å². The summed E-state index contributed by atoms with van der Waals surface area (Å²) in [6.45, 7) is 4.82. The van der Waals surface area contributed by atoms with Crippen LogP contribution in [0.1, 0.15) is 30.6 Å². The molecule has 0 spiro atoms. The number of ketones is 1. The Morgan fingerprint density at radius 1 is 1.40 bits per heavy atom. The summed E-state index contributed by atoms with van der Waals surface area (Å²) < 4.78 is 0. The number of nitrogens with two attached hydrogens (primary N) is 1. The molecule has 3 heteroatoms. The zero-order valence-corrected chi connectivity index (χ0v) is 9.29. The van der Waals surface area contributed by atoms with E-state index in [9.17, 15) is 4.79 Å². The molecule has 1 rings (SSSR count). The van der Waals surface area contributed by atoms with Gasteiger partial charge in [-0.05, 0) is 44.2 Å². The number of carbonyl (C=O) groups is 1. The molecule has 0 saturated carbocycles. The Bertz CT molecular complexity index is 319. The van der Waals surface area contributed by atoms with Gasteiger partial charge in [-0.3, -0.25) is 4.79 Å². The molecule has 0 aliphatic heterocycles. The van der Waals surface area contributed by atoms with Crippen LogP contribution in [0.3, 0.4) is 0 Å². The average Bonchev–Trinajstić information content (AvgIpc) is 2.26. The SMILES string of the molecule is CCCNC(C)C(=O)c1ccc(N)cc1. The highest BCUT2D eigenvalue weighted by Crippen LogP contribution is 2.08. The predicted octanol–water partition coefficient (Wildman–Crippen LogP) is 1.84. The monoisotopic (exact) mass is 206 g/mol. The topological polar surface area (TPSA) is 55.1 Å². The maximum absolute atomic E-state index is 11.9. The van der Waals surface area contributed by atoms with E-state index in [-0.39, 0.29) is 11.8 Å². The largest absolute Gasteiger partial charge is 0.399 e. The lowest BCUT2D eigenvalue weighted by molar-refractivity contribution is 0.0951. The zero-order chi connectivity index (χ0) is 11.3. The molecule has 82 valence electrons. The van der Waals surface area contributed by atoms with Gasteiger partial charge in [-0.1, -0.05) is 6.92 Å². The minimum Gasteiger partial charge on any atom is -0.399 e. The van der Waals surface area contributed by atoms with Gasteiger partial charge in [-0.15, -0.1) is 0 Å². The fraction of sp³-hybridized carbons (Fsp3) is 0.417. The van der Waals surface area contributed by atoms with Crippen molar-refractivity contribution in [1.82, 2.24) is 5.32 Å². The average molecular weight is 206 g/mol. The lowest BCUT2D eigenvalue weighted by Gasteiger charge is -2.11. The van der Waals surface area contributed by atoms with E-state index in [0.717, 1.165) is 13.0 Å². The zero-order valence-electron chi connectivity index (χ0n) is 9.29. The second kappa shape index (κ2) is 5.51. The van der Waals surface area contributed by atoms with Crippen LogP contribution in [0.4, 0.5) is 5.69 Å². The van der Waals surface area contributed by atoms with Crippen molar-refractivity contribution in [3.8, 4) is 0 Å². The van der Waals surface area contributed by atoms with Crippen LogP contribution in [0.25, 0.3) is 0 Å². The molecule has 15 heavy (non-hydrogen) atoms. The first-order valence-corrected chi connectivity index (χ1v) is 5.28. The minimum atomic E-state index is -0.131. The van der Waals surface area contributed by atoms with E-state index in [1.165, 1.54) is 0 Å². The molecule has 1 aromatic rings. The predicted molar refractivity (Wildman–Crippen MR) is 62.9 cm³/mol. The van der Waals surface area contributed by atoms with E-state index < -0.39 is 0 Å². The molecule has 0 heterocycles. The summed E-state index contributed by atoms with van der Waals surface area (Å²) >= 11 is 0. The summed E-state index contributed by atoms with van der Waals surface area (Å²) in [4.78, 5) is 11.9. The van der Waals surface area contributed by atoms with Crippen LogP contribution in [0.5, 0.6) is 0 Å². The van der Waals surface area contributed by atoms with E-state index in [1.807, 2.05) is 6.92 Å². The van der Waals surface area contributed by atoms with Gasteiger partial charge in [0.05, 0.1) is 6.04 Å². The molecule has 0 saturated heterocycles. The van der Waals surface area contributed by atoms with Gasteiger partial charge in [0.25, 0.3) is 0 Å². The van der Waals surface area contributed by atoms with Crippen LogP contribution in [0.2, 0.25) is 0 Å². The second-order valence-corrected chi connectivity index (χ2v) is 3.66. The molecule has 0 aliphatic carbocycles. The van der Waals surface area contributed by atoms with Crippen molar-refractivity contribution < 1.29 is 4.79 Å². The smallest absolute Gasteiger partial charge is 0.179 e. The highest BCUT2D eigenvalue weighted by molar-refractivity contribution is 6.00. The molecule has 0 amide bonds. The number of hydrogen-bond acceptors (Lipinski definition) is 3. The normalized spacial score (nSPS) is 12.4.